The van der Waals surface area contributed by atoms with Gasteiger partial charge in [0.1, 0.15) is 6.17 Å². The molecule has 0 saturated carbocycles. The van der Waals surface area contributed by atoms with Crippen LogP contribution in [0.3, 0.4) is 0 Å². The fraction of sp³-hybridized carbons (Fsp3) is 0.118. The molecule has 2 rings (SSSR count). The van der Waals surface area contributed by atoms with Gasteiger partial charge in [-0.2, -0.15) is 0 Å². The Kier molecular flexibility index (Phi) is 7.79. The zero-order valence-corrected chi connectivity index (χ0v) is 17.8. The van der Waals surface area contributed by atoms with Crippen molar-refractivity contribution in [1.29, 1.82) is 0 Å². The van der Waals surface area contributed by atoms with Crippen LogP contribution in [-0.4, -0.2) is 37.0 Å². The predicted molar refractivity (Wildman–Crippen MR) is 117 cm³/mol. The lowest BCUT2D eigenvalue weighted by Gasteiger charge is -2.27. The Morgan fingerprint density at radius 3 is 2.23 bits per heavy atom. The molecule has 0 bridgehead atoms. The standard InChI is InChI=1S/C17H13Cl3N4O5S/c18-17(19,20)15(22-13(25)10-2-1-3-12(8-10)24(28)29)23-16(30)21-11-6-4-9(5-7-11)14(26)27/h1-8,15H,(H,22,25)(H,26,27)(H2,21,23,30)/t15-/m0/s1. The molecule has 0 aromatic heterocycles. The molecule has 1 amide bonds. The Balaban J connectivity index is 2.09. The van der Waals surface area contributed by atoms with Crippen LogP contribution in [0.5, 0.6) is 0 Å². The molecule has 9 nitrogen and oxygen atoms in total. The number of hydrogen-bond acceptors (Lipinski definition) is 5. The molecule has 158 valence electrons. The van der Waals surface area contributed by atoms with Crippen molar-refractivity contribution in [3.8, 4) is 0 Å². The number of carbonyl (C=O) groups excluding carboxylic acids is 1. The van der Waals surface area contributed by atoms with E-state index < -0.39 is 26.8 Å². The number of aromatic carboxylic acids is 1. The largest absolute Gasteiger partial charge is 0.478 e. The summed E-state index contributed by atoms with van der Waals surface area (Å²) >= 11 is 22.9. The van der Waals surface area contributed by atoms with Crippen LogP contribution < -0.4 is 16.0 Å². The fourth-order valence-electron chi connectivity index (χ4n) is 2.17. The number of nitrogens with zero attached hydrogens (tertiary/aromatic N) is 1. The molecule has 0 saturated heterocycles. The van der Waals surface area contributed by atoms with Crippen LogP contribution in [0.2, 0.25) is 0 Å². The summed E-state index contributed by atoms with van der Waals surface area (Å²) in [6.07, 6.45) is -1.30. The third-order valence-electron chi connectivity index (χ3n) is 3.59. The average Bonchev–Trinajstić information content (AvgIpc) is 2.67. The molecule has 0 radical (unpaired) electrons. The van der Waals surface area contributed by atoms with E-state index in [1.165, 1.54) is 42.5 Å². The second kappa shape index (κ2) is 9.90. The van der Waals surface area contributed by atoms with Gasteiger partial charge in [0.2, 0.25) is 3.79 Å². The molecule has 0 spiro atoms. The molecule has 1 atom stereocenters. The van der Waals surface area contributed by atoms with Crippen molar-refractivity contribution in [3.63, 3.8) is 0 Å². The van der Waals surface area contributed by atoms with Gasteiger partial charge in [-0.15, -0.1) is 0 Å². The SMILES string of the molecule is O=C(O)c1ccc(NC(=S)N[C@H](NC(=O)c2cccc([N+](=O)[O-])c2)C(Cl)(Cl)Cl)cc1. The molecular formula is C17H13Cl3N4O5S. The van der Waals surface area contributed by atoms with E-state index in [2.05, 4.69) is 16.0 Å². The highest BCUT2D eigenvalue weighted by Crippen LogP contribution is 2.29. The number of carboxylic acids is 1. The maximum atomic E-state index is 12.4. The van der Waals surface area contributed by atoms with Gasteiger partial charge < -0.3 is 21.1 Å². The number of alkyl halides is 3. The number of rotatable bonds is 6. The van der Waals surface area contributed by atoms with Crippen molar-refractivity contribution in [1.82, 2.24) is 10.6 Å². The van der Waals surface area contributed by atoms with Crippen LogP contribution in [-0.2, 0) is 0 Å². The molecule has 0 aliphatic heterocycles. The molecule has 2 aromatic rings. The Morgan fingerprint density at radius 2 is 1.70 bits per heavy atom. The van der Waals surface area contributed by atoms with Gasteiger partial charge in [0.25, 0.3) is 11.6 Å². The topological polar surface area (TPSA) is 134 Å². The molecule has 4 N–H and O–H groups in total. The maximum absolute atomic E-state index is 12.4. The molecule has 0 fully saturated rings. The Labute approximate surface area is 190 Å². The lowest BCUT2D eigenvalue weighted by Crippen LogP contribution is -2.56. The summed E-state index contributed by atoms with van der Waals surface area (Å²) in [7, 11) is 0. The third kappa shape index (κ3) is 6.70. The van der Waals surface area contributed by atoms with Crippen molar-refractivity contribution < 1.29 is 19.6 Å². The van der Waals surface area contributed by atoms with Gasteiger partial charge >= 0.3 is 5.97 Å². The predicted octanol–water partition coefficient (Wildman–Crippen LogP) is 3.71. The summed E-state index contributed by atoms with van der Waals surface area (Å²) in [4.78, 5) is 33.6. The summed E-state index contributed by atoms with van der Waals surface area (Å²) in [6, 6.07) is 10.7. The number of nitrogens with one attached hydrogen (secondary N) is 3. The first-order valence-electron chi connectivity index (χ1n) is 8.00. The van der Waals surface area contributed by atoms with Gasteiger partial charge in [-0.1, -0.05) is 40.9 Å². The second-order valence-electron chi connectivity index (χ2n) is 5.74. The van der Waals surface area contributed by atoms with Gasteiger partial charge in [-0.3, -0.25) is 14.9 Å². The van der Waals surface area contributed by atoms with Crippen LogP contribution >= 0.6 is 47.0 Å². The number of nitro benzene ring substituents is 1. The maximum Gasteiger partial charge on any atom is 0.335 e. The average molecular weight is 492 g/mol. The highest BCUT2D eigenvalue weighted by atomic mass is 35.6. The van der Waals surface area contributed by atoms with Crippen LogP contribution in [0, 0.1) is 10.1 Å². The van der Waals surface area contributed by atoms with Crippen molar-refractivity contribution in [2.75, 3.05) is 5.32 Å². The van der Waals surface area contributed by atoms with Gasteiger partial charge in [-0.25, -0.2) is 4.79 Å². The zero-order valence-electron chi connectivity index (χ0n) is 14.8. The minimum absolute atomic E-state index is 0.0200. The Morgan fingerprint density at radius 1 is 1.07 bits per heavy atom. The summed E-state index contributed by atoms with van der Waals surface area (Å²) in [5.41, 5.74) is 0.241. The van der Waals surface area contributed by atoms with Gasteiger partial charge in [0.15, 0.2) is 5.11 Å². The van der Waals surface area contributed by atoms with Gasteiger partial charge in [-0.05, 0) is 42.5 Å². The smallest absolute Gasteiger partial charge is 0.335 e. The van der Waals surface area contributed by atoms with Crippen LogP contribution in [0.4, 0.5) is 11.4 Å². The first-order valence-corrected chi connectivity index (χ1v) is 9.54. The normalized spacial score (nSPS) is 11.8. The third-order valence-corrected chi connectivity index (χ3v) is 4.46. The van der Waals surface area contributed by atoms with Crippen molar-refractivity contribution >= 4 is 75.4 Å². The first-order chi connectivity index (χ1) is 14.0. The number of anilines is 1. The highest BCUT2D eigenvalue weighted by Gasteiger charge is 2.35. The number of nitro groups is 1. The van der Waals surface area contributed by atoms with Gasteiger partial charge in [0.05, 0.1) is 10.5 Å². The van der Waals surface area contributed by atoms with Gasteiger partial charge in [0, 0.05) is 23.4 Å². The fourth-order valence-corrected chi connectivity index (χ4v) is 2.73. The summed E-state index contributed by atoms with van der Waals surface area (Å²) in [5.74, 6) is -1.82. The number of carboxylic acid groups (broad SMARTS) is 1. The number of carbonyl (C=O) groups is 2. The van der Waals surface area contributed by atoms with E-state index in [1.807, 2.05) is 0 Å². The number of amides is 1. The Hall–Kier alpha value is -2.66. The van der Waals surface area contributed by atoms with E-state index in [1.54, 1.807) is 0 Å². The highest BCUT2D eigenvalue weighted by molar-refractivity contribution is 7.80. The summed E-state index contributed by atoms with van der Waals surface area (Å²) in [6.45, 7) is 0. The number of halogens is 3. The van der Waals surface area contributed by atoms with Crippen LogP contribution in [0.25, 0.3) is 0 Å². The quantitative estimate of drug-likeness (QED) is 0.158. The molecule has 0 unspecified atom stereocenters. The minimum atomic E-state index is -2.03. The first kappa shape index (κ1) is 23.6. The lowest BCUT2D eigenvalue weighted by molar-refractivity contribution is -0.384. The van der Waals surface area contributed by atoms with E-state index in [-0.39, 0.29) is 21.9 Å². The summed E-state index contributed by atoms with van der Waals surface area (Å²) in [5, 5.41) is 27.5. The Bertz CT molecular complexity index is 982. The van der Waals surface area contributed by atoms with E-state index in [0.717, 1.165) is 6.07 Å². The van der Waals surface area contributed by atoms with Crippen LogP contribution in [0.1, 0.15) is 20.7 Å². The van der Waals surface area contributed by atoms with E-state index in [4.69, 9.17) is 52.1 Å². The number of benzene rings is 2. The lowest BCUT2D eigenvalue weighted by atomic mass is 10.2. The molecule has 2 aromatic carbocycles. The summed E-state index contributed by atoms with van der Waals surface area (Å²) < 4.78 is -2.03. The number of hydrogen-bond donors (Lipinski definition) is 4. The van der Waals surface area contributed by atoms with Crippen molar-refractivity contribution in [2.45, 2.75) is 9.96 Å². The minimum Gasteiger partial charge on any atom is -0.478 e. The number of non-ortho nitro benzene ring substituents is 1. The molecule has 0 aliphatic rings. The van der Waals surface area contributed by atoms with E-state index >= 15 is 0 Å². The molecule has 0 aliphatic carbocycles. The van der Waals surface area contributed by atoms with Crippen molar-refractivity contribution in [2.24, 2.45) is 0 Å². The zero-order chi connectivity index (χ0) is 22.5. The van der Waals surface area contributed by atoms with Crippen molar-refractivity contribution in [3.05, 3.63) is 69.8 Å². The molecule has 30 heavy (non-hydrogen) atoms. The molecule has 13 heteroatoms. The monoisotopic (exact) mass is 490 g/mol. The molecular weight excluding hydrogens is 479 g/mol. The molecule has 0 heterocycles. The van der Waals surface area contributed by atoms with E-state index in [0.29, 0.717) is 5.69 Å². The number of thiocarbonyl (C=S) groups is 1. The van der Waals surface area contributed by atoms with Crippen LogP contribution in [0.15, 0.2) is 48.5 Å². The second-order valence-corrected chi connectivity index (χ2v) is 8.51. The van der Waals surface area contributed by atoms with E-state index in [9.17, 15) is 19.7 Å².